The van der Waals surface area contributed by atoms with Crippen molar-refractivity contribution in [1.82, 2.24) is 4.90 Å². The second-order valence-electron chi connectivity index (χ2n) is 3.94. The molecule has 3 atom stereocenters. The number of likely N-dealkylation sites (N-methyl/N-ethyl adjacent to an activating group) is 1. The average Bonchev–Trinajstić information content (AvgIpc) is 2.85. The van der Waals surface area contributed by atoms with E-state index in [1.807, 2.05) is 49.2 Å². The lowest BCUT2D eigenvalue weighted by Gasteiger charge is -2.03. The van der Waals surface area contributed by atoms with Crippen LogP contribution in [0.1, 0.15) is 12.5 Å². The van der Waals surface area contributed by atoms with Crippen LogP contribution < -0.4 is 0 Å². The summed E-state index contributed by atoms with van der Waals surface area (Å²) in [6, 6.07) is 10.0. The number of rotatable bonds is 3. The molecule has 3 heteroatoms. The number of esters is 1. The van der Waals surface area contributed by atoms with Gasteiger partial charge in [-0.25, -0.2) is 0 Å². The van der Waals surface area contributed by atoms with Crippen molar-refractivity contribution in [3.05, 3.63) is 35.9 Å². The summed E-state index contributed by atoms with van der Waals surface area (Å²) in [6.45, 7) is 2.39. The van der Waals surface area contributed by atoms with Gasteiger partial charge in [-0.1, -0.05) is 30.3 Å². The molecule has 1 aromatic carbocycles. The Bertz CT molecular complexity index is 342. The maximum absolute atomic E-state index is 11.5. The summed E-state index contributed by atoms with van der Waals surface area (Å²) in [6.07, 6.45) is 0. The van der Waals surface area contributed by atoms with Crippen LogP contribution in [-0.4, -0.2) is 30.0 Å². The molecule has 0 bridgehead atoms. The summed E-state index contributed by atoms with van der Waals surface area (Å²) < 4.78 is 5.21. The van der Waals surface area contributed by atoms with E-state index in [4.69, 9.17) is 4.74 Å². The van der Waals surface area contributed by atoms with Crippen molar-refractivity contribution < 1.29 is 9.53 Å². The molecule has 1 aliphatic rings. The molecular formula is C12H15NO2. The highest BCUT2D eigenvalue weighted by atomic mass is 16.5. The number of hydrogen-bond donors (Lipinski definition) is 0. The quantitative estimate of drug-likeness (QED) is 0.552. The predicted octanol–water partition coefficient (Wildman–Crippen LogP) is 1.43. The van der Waals surface area contributed by atoms with Crippen molar-refractivity contribution in [3.8, 4) is 0 Å². The van der Waals surface area contributed by atoms with Gasteiger partial charge in [0.05, 0.1) is 0 Å². The molecule has 2 rings (SSSR count). The second-order valence-corrected chi connectivity index (χ2v) is 3.94. The minimum Gasteiger partial charge on any atom is -0.460 e. The van der Waals surface area contributed by atoms with Gasteiger partial charge in [0, 0.05) is 6.04 Å². The zero-order valence-electron chi connectivity index (χ0n) is 9.01. The van der Waals surface area contributed by atoms with Gasteiger partial charge in [0.2, 0.25) is 0 Å². The highest BCUT2D eigenvalue weighted by molar-refractivity contribution is 5.80. The Kier molecular flexibility index (Phi) is 2.73. The molecule has 0 radical (unpaired) electrons. The minimum absolute atomic E-state index is 0.0336. The minimum atomic E-state index is -0.117. The Morgan fingerprint density at radius 3 is 2.53 bits per heavy atom. The SMILES string of the molecule is C[C@H]1[C@@H](C(=O)OCc2ccccc2)N1C. The molecule has 0 aromatic heterocycles. The fraction of sp³-hybridized carbons (Fsp3) is 0.417. The molecule has 1 heterocycles. The Morgan fingerprint density at radius 2 is 2.00 bits per heavy atom. The van der Waals surface area contributed by atoms with E-state index in [1.165, 1.54) is 0 Å². The van der Waals surface area contributed by atoms with E-state index < -0.39 is 0 Å². The Balaban J connectivity index is 1.82. The van der Waals surface area contributed by atoms with E-state index in [0.29, 0.717) is 12.6 Å². The van der Waals surface area contributed by atoms with Crippen molar-refractivity contribution in [2.45, 2.75) is 25.6 Å². The van der Waals surface area contributed by atoms with Gasteiger partial charge in [0.1, 0.15) is 12.6 Å². The van der Waals surface area contributed by atoms with Crippen LogP contribution in [0.25, 0.3) is 0 Å². The summed E-state index contributed by atoms with van der Waals surface area (Å²) >= 11 is 0. The van der Waals surface area contributed by atoms with Gasteiger partial charge in [0.25, 0.3) is 0 Å². The van der Waals surface area contributed by atoms with Crippen LogP contribution in [-0.2, 0) is 16.1 Å². The number of carbonyl (C=O) groups is 1. The molecule has 0 aliphatic carbocycles. The monoisotopic (exact) mass is 205 g/mol. The van der Waals surface area contributed by atoms with Gasteiger partial charge in [-0.15, -0.1) is 0 Å². The number of benzene rings is 1. The highest BCUT2D eigenvalue weighted by Gasteiger charge is 2.47. The number of nitrogens with zero attached hydrogens (tertiary/aromatic N) is 1. The van der Waals surface area contributed by atoms with Gasteiger partial charge >= 0.3 is 5.97 Å². The van der Waals surface area contributed by atoms with Crippen LogP contribution in [0.5, 0.6) is 0 Å². The van der Waals surface area contributed by atoms with Crippen molar-refractivity contribution in [3.63, 3.8) is 0 Å². The molecule has 1 aliphatic heterocycles. The largest absolute Gasteiger partial charge is 0.460 e. The van der Waals surface area contributed by atoms with Gasteiger partial charge in [-0.2, -0.15) is 0 Å². The average molecular weight is 205 g/mol. The first-order valence-corrected chi connectivity index (χ1v) is 5.12. The maximum Gasteiger partial charge on any atom is 0.325 e. The summed E-state index contributed by atoms with van der Waals surface area (Å²) in [5.74, 6) is -0.117. The maximum atomic E-state index is 11.5. The zero-order valence-corrected chi connectivity index (χ0v) is 9.01. The Morgan fingerprint density at radius 1 is 1.40 bits per heavy atom. The lowest BCUT2D eigenvalue weighted by Crippen LogP contribution is -2.15. The number of hydrogen-bond acceptors (Lipinski definition) is 3. The van der Waals surface area contributed by atoms with Gasteiger partial charge in [-0.3, -0.25) is 9.69 Å². The van der Waals surface area contributed by atoms with Gasteiger partial charge in [-0.05, 0) is 19.5 Å². The molecule has 15 heavy (non-hydrogen) atoms. The fourth-order valence-electron chi connectivity index (χ4n) is 1.67. The third kappa shape index (κ3) is 2.18. The van der Waals surface area contributed by atoms with Crippen LogP contribution in [0.3, 0.4) is 0 Å². The zero-order chi connectivity index (χ0) is 10.8. The van der Waals surface area contributed by atoms with E-state index in [0.717, 1.165) is 5.56 Å². The molecule has 0 spiro atoms. The van der Waals surface area contributed by atoms with Gasteiger partial charge < -0.3 is 4.74 Å². The first-order chi connectivity index (χ1) is 7.20. The smallest absolute Gasteiger partial charge is 0.325 e. The molecule has 1 fully saturated rings. The topological polar surface area (TPSA) is 29.3 Å². The first-order valence-electron chi connectivity index (χ1n) is 5.12. The predicted molar refractivity (Wildman–Crippen MR) is 57.3 cm³/mol. The number of carbonyl (C=O) groups excluding carboxylic acids is 1. The third-order valence-electron chi connectivity index (χ3n) is 2.91. The lowest BCUT2D eigenvalue weighted by atomic mass is 10.2. The number of ether oxygens (including phenoxy) is 1. The van der Waals surface area contributed by atoms with Crippen LogP contribution in [0.15, 0.2) is 30.3 Å². The molecule has 3 nitrogen and oxygen atoms in total. The summed E-state index contributed by atoms with van der Waals surface area (Å²) in [7, 11) is 1.93. The van der Waals surface area contributed by atoms with Crippen molar-refractivity contribution in [2.24, 2.45) is 0 Å². The van der Waals surface area contributed by atoms with Crippen molar-refractivity contribution in [2.75, 3.05) is 7.05 Å². The molecule has 0 amide bonds. The van der Waals surface area contributed by atoms with Crippen LogP contribution in [0, 0.1) is 0 Å². The summed E-state index contributed by atoms with van der Waals surface area (Å²) in [4.78, 5) is 13.5. The second kappa shape index (κ2) is 4.03. The fourth-order valence-corrected chi connectivity index (χ4v) is 1.67. The molecule has 1 saturated heterocycles. The van der Waals surface area contributed by atoms with Crippen molar-refractivity contribution >= 4 is 5.97 Å². The standard InChI is InChI=1S/C12H15NO2/c1-9-11(13(9)2)12(14)15-8-10-6-4-3-5-7-10/h3-7,9,11H,8H2,1-2H3/t9-,11-,13?/m0/s1. The molecule has 0 saturated carbocycles. The van der Waals surface area contributed by atoms with E-state index in [9.17, 15) is 4.79 Å². The lowest BCUT2D eigenvalue weighted by molar-refractivity contribution is -0.145. The van der Waals surface area contributed by atoms with Crippen LogP contribution in [0.2, 0.25) is 0 Å². The third-order valence-corrected chi connectivity index (χ3v) is 2.91. The normalized spacial score (nSPS) is 28.5. The van der Waals surface area contributed by atoms with Crippen molar-refractivity contribution in [1.29, 1.82) is 0 Å². The van der Waals surface area contributed by atoms with Crippen LogP contribution >= 0.6 is 0 Å². The molecule has 80 valence electrons. The van der Waals surface area contributed by atoms with E-state index >= 15 is 0 Å². The van der Waals surface area contributed by atoms with E-state index in [2.05, 4.69) is 0 Å². The molecule has 1 unspecified atom stereocenters. The molecule has 1 aromatic rings. The Labute approximate surface area is 89.7 Å². The first kappa shape index (κ1) is 10.2. The van der Waals surface area contributed by atoms with E-state index in [1.54, 1.807) is 0 Å². The molecule has 0 N–H and O–H groups in total. The summed E-state index contributed by atoms with van der Waals surface area (Å²) in [5.41, 5.74) is 1.03. The van der Waals surface area contributed by atoms with Crippen LogP contribution in [0.4, 0.5) is 0 Å². The van der Waals surface area contributed by atoms with E-state index in [-0.39, 0.29) is 12.0 Å². The summed E-state index contributed by atoms with van der Waals surface area (Å²) in [5, 5.41) is 0. The van der Waals surface area contributed by atoms with Gasteiger partial charge in [0.15, 0.2) is 0 Å². The highest BCUT2D eigenvalue weighted by Crippen LogP contribution is 2.25. The Hall–Kier alpha value is -1.35. The molecular weight excluding hydrogens is 190 g/mol.